The number of nitrogens with one attached hydrogen (secondary N) is 1. The number of rotatable bonds is 2. The number of halogens is 1. The largest absolute Gasteiger partial charge is 0.460 e. The van der Waals surface area contributed by atoms with Gasteiger partial charge in [0.05, 0.1) is 10.7 Å². The molecule has 0 amide bonds. The first-order valence-electron chi connectivity index (χ1n) is 5.90. The Labute approximate surface area is 113 Å². The normalized spacial score (nSPS) is 13.8. The molecular formula is C14H12BrNO2. The zero-order valence-corrected chi connectivity index (χ0v) is 11.3. The van der Waals surface area contributed by atoms with Crippen LogP contribution in [0.2, 0.25) is 0 Å². The minimum atomic E-state index is -0.0831. The first-order valence-corrected chi connectivity index (χ1v) is 6.69. The van der Waals surface area contributed by atoms with E-state index in [1.54, 1.807) is 6.07 Å². The van der Waals surface area contributed by atoms with Crippen LogP contribution in [0, 0.1) is 0 Å². The first-order chi connectivity index (χ1) is 8.75. The summed E-state index contributed by atoms with van der Waals surface area (Å²) in [5.41, 5.74) is 3.01. The molecule has 0 saturated heterocycles. The number of ketones is 1. The van der Waals surface area contributed by atoms with Gasteiger partial charge in [-0.2, -0.15) is 0 Å². The van der Waals surface area contributed by atoms with Crippen LogP contribution in [0.1, 0.15) is 28.1 Å². The van der Waals surface area contributed by atoms with Gasteiger partial charge in [-0.1, -0.05) is 0 Å². The number of benzene rings is 1. The molecule has 0 aliphatic carbocycles. The summed E-state index contributed by atoms with van der Waals surface area (Å²) in [7, 11) is 0. The summed E-state index contributed by atoms with van der Waals surface area (Å²) in [6.45, 7) is 1.00. The molecule has 0 spiro atoms. The number of anilines is 1. The van der Waals surface area contributed by atoms with Gasteiger partial charge in [-0.05, 0) is 58.6 Å². The second-order valence-electron chi connectivity index (χ2n) is 4.33. The van der Waals surface area contributed by atoms with E-state index in [1.807, 2.05) is 18.2 Å². The second kappa shape index (κ2) is 4.61. The number of carbonyl (C=O) groups is 1. The number of fused-ring (bicyclic) bond motifs is 1. The fourth-order valence-corrected chi connectivity index (χ4v) is 2.58. The number of carbonyl (C=O) groups excluding carboxylic acids is 1. The number of hydrogen-bond acceptors (Lipinski definition) is 3. The Morgan fingerprint density at radius 1 is 1.33 bits per heavy atom. The van der Waals surface area contributed by atoms with E-state index >= 15 is 0 Å². The highest BCUT2D eigenvalue weighted by molar-refractivity contribution is 9.10. The van der Waals surface area contributed by atoms with Crippen LogP contribution < -0.4 is 5.32 Å². The van der Waals surface area contributed by atoms with E-state index in [0.717, 1.165) is 25.1 Å². The van der Waals surface area contributed by atoms with Crippen LogP contribution in [0.25, 0.3) is 0 Å². The average Bonchev–Trinajstić information content (AvgIpc) is 2.83. The maximum Gasteiger partial charge on any atom is 0.229 e. The Bertz CT molecular complexity index is 604. The van der Waals surface area contributed by atoms with E-state index in [0.29, 0.717) is 15.8 Å². The summed E-state index contributed by atoms with van der Waals surface area (Å²) >= 11 is 3.31. The van der Waals surface area contributed by atoms with Crippen LogP contribution in [0.15, 0.2) is 39.4 Å². The van der Waals surface area contributed by atoms with Crippen molar-refractivity contribution < 1.29 is 9.21 Å². The smallest absolute Gasteiger partial charge is 0.229 e. The molecule has 1 aromatic carbocycles. The molecular weight excluding hydrogens is 294 g/mol. The van der Waals surface area contributed by atoms with Crippen molar-refractivity contribution in [3.8, 4) is 0 Å². The third-order valence-corrected chi connectivity index (χ3v) is 3.75. The fourth-order valence-electron chi connectivity index (χ4n) is 2.20. The van der Waals surface area contributed by atoms with E-state index in [9.17, 15) is 4.79 Å². The van der Waals surface area contributed by atoms with Gasteiger partial charge < -0.3 is 9.73 Å². The highest BCUT2D eigenvalue weighted by Crippen LogP contribution is 2.26. The Morgan fingerprint density at radius 2 is 2.22 bits per heavy atom. The fraction of sp³-hybridized carbons (Fsp3) is 0.214. The maximum atomic E-state index is 12.3. The molecule has 0 fully saturated rings. The van der Waals surface area contributed by atoms with E-state index in [-0.39, 0.29) is 5.78 Å². The minimum Gasteiger partial charge on any atom is -0.460 e. The summed E-state index contributed by atoms with van der Waals surface area (Å²) in [6.07, 6.45) is 3.63. The zero-order chi connectivity index (χ0) is 12.5. The summed E-state index contributed by atoms with van der Waals surface area (Å²) in [5, 5.41) is 3.33. The van der Waals surface area contributed by atoms with Crippen molar-refractivity contribution >= 4 is 27.4 Å². The average molecular weight is 306 g/mol. The molecule has 1 aliphatic heterocycles. The van der Waals surface area contributed by atoms with Crippen molar-refractivity contribution in [2.24, 2.45) is 0 Å². The van der Waals surface area contributed by atoms with Crippen LogP contribution in [-0.4, -0.2) is 12.3 Å². The molecule has 0 saturated carbocycles. The standard InChI is InChI=1S/C14H12BrNO2/c15-11-5-7-18-14(11)13(17)10-3-4-12-9(8-10)2-1-6-16-12/h3-5,7-8,16H,1-2,6H2. The molecule has 1 aliphatic rings. The van der Waals surface area contributed by atoms with Crippen molar-refractivity contribution in [1.82, 2.24) is 0 Å². The van der Waals surface area contributed by atoms with Gasteiger partial charge >= 0.3 is 0 Å². The lowest BCUT2D eigenvalue weighted by Crippen LogP contribution is -2.12. The summed E-state index contributed by atoms with van der Waals surface area (Å²) < 4.78 is 5.91. The van der Waals surface area contributed by atoms with E-state index in [2.05, 4.69) is 21.2 Å². The molecule has 0 atom stereocenters. The molecule has 2 aromatic rings. The molecule has 1 aromatic heterocycles. The van der Waals surface area contributed by atoms with Gasteiger partial charge in [0.25, 0.3) is 0 Å². The third kappa shape index (κ3) is 1.97. The SMILES string of the molecule is O=C(c1ccc2c(c1)CCCN2)c1occc1Br. The Kier molecular flexibility index (Phi) is 2.96. The number of furan rings is 1. The second-order valence-corrected chi connectivity index (χ2v) is 5.18. The number of hydrogen-bond donors (Lipinski definition) is 1. The van der Waals surface area contributed by atoms with Crippen molar-refractivity contribution in [1.29, 1.82) is 0 Å². The quantitative estimate of drug-likeness (QED) is 0.862. The summed E-state index contributed by atoms with van der Waals surface area (Å²) in [6, 6.07) is 7.50. The molecule has 0 bridgehead atoms. The lowest BCUT2D eigenvalue weighted by molar-refractivity contribution is 0.101. The van der Waals surface area contributed by atoms with Crippen LogP contribution in [0.4, 0.5) is 5.69 Å². The maximum absolute atomic E-state index is 12.3. The van der Waals surface area contributed by atoms with Gasteiger partial charge in [-0.25, -0.2) is 0 Å². The molecule has 0 unspecified atom stereocenters. The van der Waals surface area contributed by atoms with E-state index < -0.39 is 0 Å². The van der Waals surface area contributed by atoms with Gasteiger partial charge in [0.2, 0.25) is 5.78 Å². The first kappa shape index (κ1) is 11.5. The lowest BCUT2D eigenvalue weighted by atomic mass is 9.98. The van der Waals surface area contributed by atoms with Gasteiger partial charge in [0.1, 0.15) is 0 Å². The Morgan fingerprint density at radius 3 is 3.00 bits per heavy atom. The molecule has 92 valence electrons. The van der Waals surface area contributed by atoms with E-state index in [4.69, 9.17) is 4.42 Å². The van der Waals surface area contributed by atoms with Gasteiger partial charge in [-0.3, -0.25) is 4.79 Å². The molecule has 3 nitrogen and oxygen atoms in total. The van der Waals surface area contributed by atoms with Crippen molar-refractivity contribution in [2.75, 3.05) is 11.9 Å². The zero-order valence-electron chi connectivity index (χ0n) is 9.70. The van der Waals surface area contributed by atoms with Crippen LogP contribution in [0.3, 0.4) is 0 Å². The summed E-state index contributed by atoms with van der Waals surface area (Å²) in [4.78, 5) is 12.3. The van der Waals surface area contributed by atoms with Crippen molar-refractivity contribution in [2.45, 2.75) is 12.8 Å². The lowest BCUT2D eigenvalue weighted by Gasteiger charge is -2.18. The molecule has 0 radical (unpaired) electrons. The minimum absolute atomic E-state index is 0.0831. The van der Waals surface area contributed by atoms with Crippen molar-refractivity contribution in [3.63, 3.8) is 0 Å². The number of aryl methyl sites for hydroxylation is 1. The molecule has 3 rings (SSSR count). The molecule has 18 heavy (non-hydrogen) atoms. The molecule has 2 heterocycles. The van der Waals surface area contributed by atoms with Gasteiger partial charge in [0, 0.05) is 17.8 Å². The third-order valence-electron chi connectivity index (χ3n) is 3.13. The topological polar surface area (TPSA) is 42.2 Å². The van der Waals surface area contributed by atoms with Crippen molar-refractivity contribution in [3.05, 3.63) is 51.9 Å². The molecule has 4 heteroatoms. The van der Waals surface area contributed by atoms with Gasteiger partial charge in [0.15, 0.2) is 5.76 Å². The predicted molar refractivity (Wildman–Crippen MR) is 73.1 cm³/mol. The summed E-state index contributed by atoms with van der Waals surface area (Å²) in [5.74, 6) is 0.277. The Hall–Kier alpha value is -1.55. The highest BCUT2D eigenvalue weighted by atomic mass is 79.9. The monoisotopic (exact) mass is 305 g/mol. The van der Waals surface area contributed by atoms with Gasteiger partial charge in [-0.15, -0.1) is 0 Å². The van der Waals surface area contributed by atoms with Crippen LogP contribution in [0.5, 0.6) is 0 Å². The van der Waals surface area contributed by atoms with Crippen LogP contribution >= 0.6 is 15.9 Å². The van der Waals surface area contributed by atoms with E-state index in [1.165, 1.54) is 11.8 Å². The molecule has 1 N–H and O–H groups in total. The predicted octanol–water partition coefficient (Wildman–Crippen LogP) is 3.63. The Balaban J connectivity index is 1.98. The highest BCUT2D eigenvalue weighted by Gasteiger charge is 2.18. The van der Waals surface area contributed by atoms with Crippen LogP contribution in [-0.2, 0) is 6.42 Å².